The first kappa shape index (κ1) is 24.7. The number of aliphatic hydroxyl groups is 1. The summed E-state index contributed by atoms with van der Waals surface area (Å²) in [6.45, 7) is 11.7. The quantitative estimate of drug-likeness (QED) is 0.646. The smallest absolute Gasteiger partial charge is 0.151 e. The molecule has 3 rings (SSSR count). The number of benzene rings is 2. The van der Waals surface area contributed by atoms with Gasteiger partial charge < -0.3 is 9.84 Å². The van der Waals surface area contributed by atoms with Gasteiger partial charge in [0.05, 0.1) is 11.5 Å². The SMILES string of the molecule is Cc1ccc(OCC(O)CN(Cc2ccc(C(C)(C)C)cc2)C2CCS(=O)(=O)C2)c(C)c1. The Labute approximate surface area is 193 Å². The fourth-order valence-corrected chi connectivity index (χ4v) is 5.98. The molecule has 1 heterocycles. The lowest BCUT2D eigenvalue weighted by atomic mass is 9.86. The first-order valence-corrected chi connectivity index (χ1v) is 13.2. The summed E-state index contributed by atoms with van der Waals surface area (Å²) in [6, 6.07) is 14.4. The second kappa shape index (κ2) is 9.94. The molecule has 0 radical (unpaired) electrons. The highest BCUT2D eigenvalue weighted by Gasteiger charge is 2.33. The van der Waals surface area contributed by atoms with E-state index in [1.54, 1.807) is 0 Å². The van der Waals surface area contributed by atoms with Crippen molar-refractivity contribution in [3.63, 3.8) is 0 Å². The third kappa shape index (κ3) is 6.80. The van der Waals surface area contributed by atoms with E-state index in [0.717, 1.165) is 16.9 Å². The topological polar surface area (TPSA) is 66.8 Å². The van der Waals surface area contributed by atoms with Gasteiger partial charge in [0, 0.05) is 19.1 Å². The van der Waals surface area contributed by atoms with Crippen molar-refractivity contribution >= 4 is 9.84 Å². The average Bonchev–Trinajstić information content (AvgIpc) is 3.06. The molecule has 2 aromatic rings. The minimum atomic E-state index is -3.01. The summed E-state index contributed by atoms with van der Waals surface area (Å²) in [6.07, 6.45) is -0.111. The van der Waals surface area contributed by atoms with Crippen molar-refractivity contribution in [2.45, 2.75) is 65.1 Å². The van der Waals surface area contributed by atoms with Gasteiger partial charge in [-0.3, -0.25) is 4.90 Å². The van der Waals surface area contributed by atoms with E-state index in [1.807, 2.05) is 26.0 Å². The zero-order valence-electron chi connectivity index (χ0n) is 20.0. The van der Waals surface area contributed by atoms with Gasteiger partial charge in [0.25, 0.3) is 0 Å². The highest BCUT2D eigenvalue weighted by Crippen LogP contribution is 2.25. The second-order valence-corrected chi connectivity index (χ2v) is 12.4. The van der Waals surface area contributed by atoms with Crippen LogP contribution in [0.15, 0.2) is 42.5 Å². The molecule has 1 fully saturated rings. The van der Waals surface area contributed by atoms with Crippen molar-refractivity contribution in [2.75, 3.05) is 24.7 Å². The summed E-state index contributed by atoms with van der Waals surface area (Å²) >= 11 is 0. The van der Waals surface area contributed by atoms with Crippen LogP contribution in [-0.2, 0) is 21.8 Å². The fraction of sp³-hybridized carbons (Fsp3) is 0.538. The number of nitrogens with zero attached hydrogens (tertiary/aromatic N) is 1. The number of rotatable bonds is 8. The lowest BCUT2D eigenvalue weighted by Crippen LogP contribution is -2.42. The summed E-state index contributed by atoms with van der Waals surface area (Å²) < 4.78 is 30.1. The number of hydrogen-bond acceptors (Lipinski definition) is 5. The predicted octanol–water partition coefficient (Wildman–Crippen LogP) is 4.03. The molecule has 0 bridgehead atoms. The summed E-state index contributed by atoms with van der Waals surface area (Å²) in [7, 11) is -3.01. The minimum Gasteiger partial charge on any atom is -0.491 e. The number of aryl methyl sites for hydroxylation is 2. The van der Waals surface area contributed by atoms with Crippen molar-refractivity contribution in [1.82, 2.24) is 4.90 Å². The maximum absolute atomic E-state index is 12.1. The molecule has 0 aromatic heterocycles. The molecule has 0 amide bonds. The highest BCUT2D eigenvalue weighted by atomic mass is 32.2. The van der Waals surface area contributed by atoms with E-state index in [2.05, 4.69) is 56.0 Å². The molecule has 1 N–H and O–H groups in total. The van der Waals surface area contributed by atoms with Crippen LogP contribution in [0.4, 0.5) is 0 Å². The molecule has 0 aliphatic carbocycles. The van der Waals surface area contributed by atoms with E-state index in [-0.39, 0.29) is 29.6 Å². The minimum absolute atomic E-state index is 0.0827. The van der Waals surface area contributed by atoms with Gasteiger partial charge in [-0.2, -0.15) is 0 Å². The van der Waals surface area contributed by atoms with E-state index in [9.17, 15) is 13.5 Å². The van der Waals surface area contributed by atoms with Crippen molar-refractivity contribution in [3.8, 4) is 5.75 Å². The van der Waals surface area contributed by atoms with Crippen LogP contribution in [0, 0.1) is 13.8 Å². The van der Waals surface area contributed by atoms with E-state index in [4.69, 9.17) is 4.74 Å². The van der Waals surface area contributed by atoms with Crippen molar-refractivity contribution in [2.24, 2.45) is 0 Å². The van der Waals surface area contributed by atoms with Crippen LogP contribution in [-0.4, -0.2) is 55.2 Å². The summed E-state index contributed by atoms with van der Waals surface area (Å²) in [5, 5.41) is 10.7. The zero-order valence-corrected chi connectivity index (χ0v) is 20.8. The molecule has 176 valence electrons. The van der Waals surface area contributed by atoms with Gasteiger partial charge in [0.15, 0.2) is 9.84 Å². The number of ether oxygens (including phenoxy) is 1. The molecular formula is C26H37NO4S. The molecule has 6 heteroatoms. The van der Waals surface area contributed by atoms with Gasteiger partial charge >= 0.3 is 0 Å². The Morgan fingerprint density at radius 1 is 1.12 bits per heavy atom. The van der Waals surface area contributed by atoms with Gasteiger partial charge in [-0.1, -0.05) is 62.7 Å². The van der Waals surface area contributed by atoms with Gasteiger partial charge in [-0.05, 0) is 48.4 Å². The number of aliphatic hydroxyl groups excluding tert-OH is 1. The van der Waals surface area contributed by atoms with Gasteiger partial charge in [-0.15, -0.1) is 0 Å². The summed E-state index contributed by atoms with van der Waals surface area (Å²) in [5.41, 5.74) is 4.67. The Morgan fingerprint density at radius 3 is 2.38 bits per heavy atom. The Hall–Kier alpha value is -1.89. The first-order valence-electron chi connectivity index (χ1n) is 11.3. The first-order chi connectivity index (χ1) is 14.9. The fourth-order valence-electron chi connectivity index (χ4n) is 4.22. The molecular weight excluding hydrogens is 422 g/mol. The van der Waals surface area contributed by atoms with E-state index < -0.39 is 15.9 Å². The van der Waals surface area contributed by atoms with Gasteiger partial charge in [0.1, 0.15) is 18.5 Å². The van der Waals surface area contributed by atoms with Crippen LogP contribution in [0.1, 0.15) is 49.4 Å². The normalized spacial score (nSPS) is 19.3. The molecule has 2 aromatic carbocycles. The largest absolute Gasteiger partial charge is 0.491 e. The Kier molecular flexibility index (Phi) is 7.69. The van der Waals surface area contributed by atoms with Crippen molar-refractivity contribution in [1.29, 1.82) is 0 Å². The summed E-state index contributed by atoms with van der Waals surface area (Å²) in [4.78, 5) is 2.10. The molecule has 1 aliphatic rings. The van der Waals surface area contributed by atoms with E-state index >= 15 is 0 Å². The standard InChI is InChI=1S/C26H37NO4S/c1-19-6-11-25(20(2)14-19)31-17-24(28)16-27(23-12-13-32(29,30)18-23)15-21-7-9-22(10-8-21)26(3,4)5/h6-11,14,23-24,28H,12-13,15-18H2,1-5H3. The van der Waals surface area contributed by atoms with Crippen LogP contribution in [0.3, 0.4) is 0 Å². The number of hydrogen-bond donors (Lipinski definition) is 1. The van der Waals surface area contributed by atoms with E-state index in [1.165, 1.54) is 11.1 Å². The Balaban J connectivity index is 1.68. The third-order valence-corrected chi connectivity index (χ3v) is 7.89. The third-order valence-electron chi connectivity index (χ3n) is 6.14. The van der Waals surface area contributed by atoms with Crippen LogP contribution >= 0.6 is 0 Å². The average molecular weight is 460 g/mol. The maximum atomic E-state index is 12.1. The Morgan fingerprint density at radius 2 is 1.81 bits per heavy atom. The molecule has 2 unspecified atom stereocenters. The van der Waals surface area contributed by atoms with Crippen LogP contribution < -0.4 is 4.74 Å². The van der Waals surface area contributed by atoms with Gasteiger partial charge in [-0.25, -0.2) is 8.42 Å². The predicted molar refractivity (Wildman–Crippen MR) is 130 cm³/mol. The van der Waals surface area contributed by atoms with Crippen molar-refractivity contribution in [3.05, 3.63) is 64.7 Å². The van der Waals surface area contributed by atoms with Crippen molar-refractivity contribution < 1.29 is 18.3 Å². The molecule has 1 aliphatic heterocycles. The lowest BCUT2D eigenvalue weighted by Gasteiger charge is -2.30. The molecule has 0 spiro atoms. The molecule has 2 atom stereocenters. The Bertz CT molecular complexity index is 1010. The molecule has 5 nitrogen and oxygen atoms in total. The van der Waals surface area contributed by atoms with Crippen LogP contribution in [0.5, 0.6) is 5.75 Å². The maximum Gasteiger partial charge on any atom is 0.151 e. The molecule has 1 saturated heterocycles. The lowest BCUT2D eigenvalue weighted by molar-refractivity contribution is 0.0523. The van der Waals surface area contributed by atoms with E-state index in [0.29, 0.717) is 19.5 Å². The molecule has 32 heavy (non-hydrogen) atoms. The second-order valence-electron chi connectivity index (χ2n) is 10.2. The highest BCUT2D eigenvalue weighted by molar-refractivity contribution is 7.91. The van der Waals surface area contributed by atoms with Gasteiger partial charge in [0.2, 0.25) is 0 Å². The monoisotopic (exact) mass is 459 g/mol. The zero-order chi connectivity index (χ0) is 23.5. The summed E-state index contributed by atoms with van der Waals surface area (Å²) in [5.74, 6) is 1.13. The molecule has 0 saturated carbocycles. The van der Waals surface area contributed by atoms with Crippen LogP contribution in [0.2, 0.25) is 0 Å². The van der Waals surface area contributed by atoms with Crippen LogP contribution in [0.25, 0.3) is 0 Å². The number of sulfone groups is 1.